The van der Waals surface area contributed by atoms with Gasteiger partial charge >= 0.3 is 0 Å². The zero-order chi connectivity index (χ0) is 24.8. The van der Waals surface area contributed by atoms with E-state index < -0.39 is 0 Å². The molecule has 1 aliphatic heterocycles. The quantitative estimate of drug-likeness (QED) is 0.370. The molecule has 0 amide bonds. The molecule has 0 spiro atoms. The minimum absolute atomic E-state index is 0.442. The maximum atomic E-state index is 10.1. The Balaban J connectivity index is 1.51. The summed E-state index contributed by atoms with van der Waals surface area (Å²) in [6.45, 7) is 4.24. The molecule has 0 unspecified atom stereocenters. The highest BCUT2D eigenvalue weighted by Gasteiger charge is 2.24. The van der Waals surface area contributed by atoms with Crippen LogP contribution >= 0.6 is 0 Å². The summed E-state index contributed by atoms with van der Waals surface area (Å²) in [7, 11) is 3.78. The van der Waals surface area contributed by atoms with Gasteiger partial charge in [0.15, 0.2) is 0 Å². The molecule has 1 saturated heterocycles. The van der Waals surface area contributed by atoms with Crippen LogP contribution in [-0.2, 0) is 0 Å². The molecule has 1 aromatic carbocycles. The zero-order valence-electron chi connectivity index (χ0n) is 20.6. The van der Waals surface area contributed by atoms with Crippen LogP contribution in [0, 0.1) is 18.3 Å². The molecule has 180 valence electrons. The molecular formula is C28H27N7O. The Kier molecular flexibility index (Phi) is 5.42. The van der Waals surface area contributed by atoms with E-state index >= 15 is 0 Å². The van der Waals surface area contributed by atoms with Gasteiger partial charge in [-0.2, -0.15) is 5.26 Å². The van der Waals surface area contributed by atoms with Crippen molar-refractivity contribution in [1.82, 2.24) is 29.8 Å². The number of aromatic nitrogens is 5. The van der Waals surface area contributed by atoms with Gasteiger partial charge in [0.2, 0.25) is 5.88 Å². The number of nitrogens with zero attached hydrogens (tertiary/aromatic N) is 5. The minimum atomic E-state index is 0.442. The minimum Gasteiger partial charge on any atom is -0.480 e. The number of pyridine rings is 2. The first kappa shape index (κ1) is 22.3. The smallest absolute Gasteiger partial charge is 0.226 e. The number of ether oxygens (including phenoxy) is 1. The van der Waals surface area contributed by atoms with E-state index in [1.165, 1.54) is 5.56 Å². The first-order chi connectivity index (χ1) is 17.6. The van der Waals surface area contributed by atoms with Gasteiger partial charge in [0.1, 0.15) is 17.5 Å². The van der Waals surface area contributed by atoms with Crippen LogP contribution in [0.1, 0.15) is 35.4 Å². The molecule has 0 radical (unpaired) electrons. The first-order valence-corrected chi connectivity index (χ1v) is 12.2. The number of rotatable bonds is 4. The van der Waals surface area contributed by atoms with E-state index in [2.05, 4.69) is 56.2 Å². The van der Waals surface area contributed by atoms with Crippen molar-refractivity contribution in [3.8, 4) is 34.6 Å². The predicted octanol–water partition coefficient (Wildman–Crippen LogP) is 5.17. The van der Waals surface area contributed by atoms with E-state index in [-0.39, 0.29) is 0 Å². The van der Waals surface area contributed by atoms with Crippen LogP contribution in [0.2, 0.25) is 0 Å². The fraction of sp³-hybridized carbons (Fsp3) is 0.286. The molecule has 1 aliphatic rings. The molecule has 1 fully saturated rings. The Morgan fingerprint density at radius 3 is 2.72 bits per heavy atom. The number of benzene rings is 1. The van der Waals surface area contributed by atoms with E-state index in [1.807, 2.05) is 13.0 Å². The highest BCUT2D eigenvalue weighted by molar-refractivity contribution is 6.02. The average Bonchev–Trinajstić information content (AvgIpc) is 3.49. The SMILES string of the molecule is COc1ncc2c(C#N)c(-c3cnccc3C)[nH]c2c1-c1nc2ccc(C3CCN(C)CC3)cc2[nH]1. The second kappa shape index (κ2) is 8.77. The van der Waals surface area contributed by atoms with Crippen molar-refractivity contribution < 1.29 is 4.74 Å². The lowest BCUT2D eigenvalue weighted by atomic mass is 9.89. The summed E-state index contributed by atoms with van der Waals surface area (Å²) < 4.78 is 5.65. The van der Waals surface area contributed by atoms with Crippen molar-refractivity contribution in [2.24, 2.45) is 0 Å². The number of likely N-dealkylation sites (tertiary alicyclic amines) is 1. The van der Waals surface area contributed by atoms with Crippen LogP contribution < -0.4 is 4.74 Å². The topological polar surface area (TPSA) is 107 Å². The van der Waals surface area contributed by atoms with E-state index in [9.17, 15) is 5.26 Å². The zero-order valence-corrected chi connectivity index (χ0v) is 20.6. The molecule has 8 nitrogen and oxygen atoms in total. The van der Waals surface area contributed by atoms with Gasteiger partial charge in [-0.15, -0.1) is 0 Å². The summed E-state index contributed by atoms with van der Waals surface area (Å²) in [4.78, 5) is 23.1. The van der Waals surface area contributed by atoms with Crippen LogP contribution in [0.15, 0.2) is 42.9 Å². The van der Waals surface area contributed by atoms with Crippen LogP contribution in [0.4, 0.5) is 0 Å². The average molecular weight is 478 g/mol. The predicted molar refractivity (Wildman–Crippen MR) is 140 cm³/mol. The van der Waals surface area contributed by atoms with Crippen molar-refractivity contribution >= 4 is 21.9 Å². The Labute approximate surface area is 209 Å². The third-order valence-corrected chi connectivity index (χ3v) is 7.36. The molecule has 2 N–H and O–H groups in total. The van der Waals surface area contributed by atoms with Crippen LogP contribution in [0.3, 0.4) is 0 Å². The highest BCUT2D eigenvalue weighted by atomic mass is 16.5. The van der Waals surface area contributed by atoms with Gasteiger partial charge < -0.3 is 19.6 Å². The molecule has 8 heteroatoms. The fourth-order valence-electron chi connectivity index (χ4n) is 5.30. The fourth-order valence-corrected chi connectivity index (χ4v) is 5.30. The lowest BCUT2D eigenvalue weighted by molar-refractivity contribution is 0.255. The number of imidazole rings is 1. The number of nitrogens with one attached hydrogen (secondary N) is 2. The Morgan fingerprint density at radius 2 is 1.97 bits per heavy atom. The van der Waals surface area contributed by atoms with Gasteiger partial charge in [0, 0.05) is 29.5 Å². The second-order valence-electron chi connectivity index (χ2n) is 9.55. The number of methoxy groups -OCH3 is 1. The van der Waals surface area contributed by atoms with E-state index in [1.54, 1.807) is 25.7 Å². The van der Waals surface area contributed by atoms with Crippen LogP contribution in [0.5, 0.6) is 5.88 Å². The summed E-state index contributed by atoms with van der Waals surface area (Å²) in [5.41, 5.74) is 7.82. The largest absolute Gasteiger partial charge is 0.480 e. The van der Waals surface area contributed by atoms with Crippen LogP contribution in [-0.4, -0.2) is 57.1 Å². The summed E-state index contributed by atoms with van der Waals surface area (Å²) in [5.74, 6) is 1.65. The third kappa shape index (κ3) is 3.60. The molecule has 0 saturated carbocycles. The van der Waals surface area contributed by atoms with Gasteiger partial charge in [-0.25, -0.2) is 9.97 Å². The molecule has 36 heavy (non-hydrogen) atoms. The summed E-state index contributed by atoms with van der Waals surface area (Å²) in [6.07, 6.45) is 7.53. The van der Waals surface area contributed by atoms with Crippen molar-refractivity contribution in [1.29, 1.82) is 5.26 Å². The molecule has 6 rings (SSSR count). The van der Waals surface area contributed by atoms with E-state index in [0.717, 1.165) is 64.7 Å². The van der Waals surface area contributed by atoms with Gasteiger partial charge in [0.05, 0.1) is 34.9 Å². The van der Waals surface area contributed by atoms with Gasteiger partial charge in [0.25, 0.3) is 0 Å². The van der Waals surface area contributed by atoms with Crippen LogP contribution in [0.25, 0.3) is 44.6 Å². The van der Waals surface area contributed by atoms with Crippen molar-refractivity contribution in [2.75, 3.05) is 27.2 Å². The molecule has 5 heterocycles. The molecular weight excluding hydrogens is 450 g/mol. The van der Waals surface area contributed by atoms with Gasteiger partial charge in [-0.1, -0.05) is 6.07 Å². The summed E-state index contributed by atoms with van der Waals surface area (Å²) in [6, 6.07) is 10.8. The molecule has 0 aliphatic carbocycles. The normalized spacial score (nSPS) is 14.9. The van der Waals surface area contributed by atoms with Gasteiger partial charge in [-0.05, 0) is 75.1 Å². The number of aromatic amines is 2. The maximum absolute atomic E-state index is 10.1. The number of H-pyrrole nitrogens is 2. The number of piperidine rings is 1. The van der Waals surface area contributed by atoms with Gasteiger partial charge in [-0.3, -0.25) is 4.98 Å². The second-order valence-corrected chi connectivity index (χ2v) is 9.55. The van der Waals surface area contributed by atoms with Crippen molar-refractivity contribution in [3.63, 3.8) is 0 Å². The van der Waals surface area contributed by atoms with Crippen molar-refractivity contribution in [2.45, 2.75) is 25.7 Å². The Hall–Kier alpha value is -4.22. The number of hydrogen-bond donors (Lipinski definition) is 2. The number of hydrogen-bond acceptors (Lipinski definition) is 6. The molecule has 0 bridgehead atoms. The number of nitriles is 1. The first-order valence-electron chi connectivity index (χ1n) is 12.2. The summed E-state index contributed by atoms with van der Waals surface area (Å²) >= 11 is 0. The molecule has 4 aromatic heterocycles. The van der Waals surface area contributed by atoms with Crippen molar-refractivity contribution in [3.05, 3.63) is 59.5 Å². The summed E-state index contributed by atoms with van der Waals surface area (Å²) in [5, 5.41) is 10.8. The van der Waals surface area contributed by atoms with E-state index in [0.29, 0.717) is 28.7 Å². The Morgan fingerprint density at radius 1 is 1.14 bits per heavy atom. The molecule has 0 atom stereocenters. The molecule has 5 aromatic rings. The highest BCUT2D eigenvalue weighted by Crippen LogP contribution is 2.39. The lowest BCUT2D eigenvalue weighted by Crippen LogP contribution is -2.29. The monoisotopic (exact) mass is 477 g/mol. The number of fused-ring (bicyclic) bond motifs is 2. The lowest BCUT2D eigenvalue weighted by Gasteiger charge is -2.29. The number of aryl methyl sites for hydroxylation is 1. The standard InChI is InChI=1S/C28H27N7O/c1-16-6-9-30-14-20(16)25-19(13-29)21-15-31-28(36-3)24(26(21)34-25)27-32-22-5-4-18(12-23(22)33-27)17-7-10-35(2)11-8-17/h4-6,9,12,14-15,17,34H,7-8,10-11H2,1-3H3,(H,32,33). The van der Waals surface area contributed by atoms with E-state index in [4.69, 9.17) is 9.72 Å². The Bertz CT molecular complexity index is 1630. The maximum Gasteiger partial charge on any atom is 0.226 e. The third-order valence-electron chi connectivity index (χ3n) is 7.36.